The second-order valence-electron chi connectivity index (χ2n) is 4.08. The lowest BCUT2D eigenvalue weighted by molar-refractivity contribution is -0.180. The van der Waals surface area contributed by atoms with Crippen molar-refractivity contribution in [3.63, 3.8) is 0 Å². The van der Waals surface area contributed by atoms with Crippen molar-refractivity contribution in [3.8, 4) is 0 Å². The van der Waals surface area contributed by atoms with Crippen LogP contribution < -0.4 is 0 Å². The monoisotopic (exact) mass is 270 g/mol. The first-order valence-electron chi connectivity index (χ1n) is 5.47. The molecule has 0 aliphatic carbocycles. The van der Waals surface area contributed by atoms with E-state index in [4.69, 9.17) is 0 Å². The second kappa shape index (κ2) is 5.53. The number of carbonyl (C=O) groups excluding carboxylic acids is 2. The van der Waals surface area contributed by atoms with Gasteiger partial charge in [-0.15, -0.1) is 0 Å². The molecule has 0 atom stereocenters. The van der Waals surface area contributed by atoms with Crippen molar-refractivity contribution < 1.29 is 27.2 Å². The number of alkyl halides is 4. The first-order chi connectivity index (χ1) is 8.26. The molecule has 18 heavy (non-hydrogen) atoms. The van der Waals surface area contributed by atoms with Gasteiger partial charge in [0.1, 0.15) is 0 Å². The summed E-state index contributed by atoms with van der Waals surface area (Å²) in [7, 11) is 0. The molecule has 0 N–H and O–H groups in total. The summed E-state index contributed by atoms with van der Waals surface area (Å²) in [6, 6.07) is 0. The second-order valence-corrected chi connectivity index (χ2v) is 4.08. The number of halogens is 4. The fraction of sp³-hybridized carbons (Fsp3) is 0.800. The van der Waals surface area contributed by atoms with Crippen LogP contribution in [0.1, 0.15) is 13.3 Å². The lowest BCUT2D eigenvalue weighted by Crippen LogP contribution is -2.49. The summed E-state index contributed by atoms with van der Waals surface area (Å²) in [6.45, 7) is 1.54. The van der Waals surface area contributed by atoms with Crippen LogP contribution >= 0.6 is 0 Å². The quantitative estimate of drug-likeness (QED) is 0.701. The number of amides is 2. The molecule has 0 saturated carbocycles. The third kappa shape index (κ3) is 3.11. The van der Waals surface area contributed by atoms with E-state index in [-0.39, 0.29) is 25.5 Å². The van der Waals surface area contributed by atoms with Gasteiger partial charge in [0.25, 0.3) is 5.91 Å². The molecule has 0 aromatic carbocycles. The van der Waals surface area contributed by atoms with Gasteiger partial charge < -0.3 is 9.80 Å². The van der Waals surface area contributed by atoms with E-state index in [1.807, 2.05) is 0 Å². The van der Waals surface area contributed by atoms with E-state index in [0.29, 0.717) is 17.9 Å². The highest BCUT2D eigenvalue weighted by Crippen LogP contribution is 2.25. The maximum absolute atomic E-state index is 12.9. The van der Waals surface area contributed by atoms with E-state index in [0.717, 1.165) is 0 Å². The number of hydrogen-bond acceptors (Lipinski definition) is 2. The molecule has 1 aliphatic rings. The molecule has 8 heteroatoms. The minimum absolute atomic E-state index is 0.0507. The molecule has 2 amide bonds. The maximum atomic E-state index is 12.9. The molecule has 0 unspecified atom stereocenters. The molecular weight excluding hydrogens is 256 g/mol. The van der Waals surface area contributed by atoms with Gasteiger partial charge in [-0.25, -0.2) is 8.78 Å². The molecule has 0 radical (unpaired) electrons. The SMILES string of the molecule is CC(=O)N1CCCN(C(=O)C(F)(F)C(F)F)CC1. The summed E-state index contributed by atoms with van der Waals surface area (Å²) < 4.78 is 49.9. The Labute approximate surface area is 102 Å². The molecule has 0 aromatic rings. The summed E-state index contributed by atoms with van der Waals surface area (Å²) in [5.41, 5.74) is 0. The number of carbonyl (C=O) groups is 2. The molecule has 104 valence electrons. The number of nitrogens with zero attached hydrogens (tertiary/aromatic N) is 2. The van der Waals surface area contributed by atoms with Gasteiger partial charge in [0.2, 0.25) is 5.91 Å². The Balaban J connectivity index is 2.69. The van der Waals surface area contributed by atoms with Crippen molar-refractivity contribution in [3.05, 3.63) is 0 Å². The van der Waals surface area contributed by atoms with Crippen molar-refractivity contribution in [1.82, 2.24) is 9.80 Å². The molecule has 1 heterocycles. The van der Waals surface area contributed by atoms with Crippen LogP contribution in [0, 0.1) is 0 Å². The third-order valence-corrected chi connectivity index (χ3v) is 2.79. The van der Waals surface area contributed by atoms with Gasteiger partial charge in [-0.05, 0) is 6.42 Å². The fourth-order valence-corrected chi connectivity index (χ4v) is 1.74. The van der Waals surface area contributed by atoms with E-state index in [9.17, 15) is 27.2 Å². The van der Waals surface area contributed by atoms with Gasteiger partial charge in [-0.2, -0.15) is 8.78 Å². The lowest BCUT2D eigenvalue weighted by atomic mass is 10.2. The van der Waals surface area contributed by atoms with E-state index in [1.54, 1.807) is 0 Å². The molecule has 1 rings (SSSR count). The molecule has 0 bridgehead atoms. The smallest absolute Gasteiger partial charge is 0.341 e. The summed E-state index contributed by atoms with van der Waals surface area (Å²) in [6.07, 6.45) is -3.72. The molecule has 1 aliphatic heterocycles. The standard InChI is InChI=1S/C10H14F4N2O2/c1-7(17)15-3-2-4-16(6-5-15)9(18)10(13,14)8(11)12/h8H,2-6H2,1H3. The van der Waals surface area contributed by atoms with Gasteiger partial charge in [-0.1, -0.05) is 0 Å². The van der Waals surface area contributed by atoms with Crippen LogP contribution in [0.25, 0.3) is 0 Å². The molecule has 1 fully saturated rings. The van der Waals surface area contributed by atoms with Gasteiger partial charge in [0, 0.05) is 33.1 Å². The fourth-order valence-electron chi connectivity index (χ4n) is 1.74. The zero-order valence-corrected chi connectivity index (χ0v) is 9.84. The topological polar surface area (TPSA) is 40.6 Å². The van der Waals surface area contributed by atoms with Crippen molar-refractivity contribution in [1.29, 1.82) is 0 Å². The predicted octanol–water partition coefficient (Wildman–Crippen LogP) is 0.968. The Morgan fingerprint density at radius 2 is 1.56 bits per heavy atom. The van der Waals surface area contributed by atoms with Gasteiger partial charge in [-0.3, -0.25) is 9.59 Å². The Morgan fingerprint density at radius 3 is 2.06 bits per heavy atom. The average molecular weight is 270 g/mol. The van der Waals surface area contributed by atoms with Crippen LogP contribution in [0.2, 0.25) is 0 Å². The van der Waals surface area contributed by atoms with Crippen LogP contribution in [0.15, 0.2) is 0 Å². The minimum atomic E-state index is -4.66. The molecule has 1 saturated heterocycles. The van der Waals surface area contributed by atoms with E-state index in [1.165, 1.54) is 11.8 Å². The van der Waals surface area contributed by atoms with Crippen LogP contribution in [-0.2, 0) is 9.59 Å². The molecular formula is C10H14F4N2O2. The summed E-state index contributed by atoms with van der Waals surface area (Å²) in [5, 5.41) is 0. The van der Waals surface area contributed by atoms with Crippen LogP contribution in [0.4, 0.5) is 17.6 Å². The van der Waals surface area contributed by atoms with Gasteiger partial charge in [0.05, 0.1) is 0 Å². The Kier molecular flexibility index (Phi) is 4.53. The van der Waals surface area contributed by atoms with Crippen molar-refractivity contribution in [2.75, 3.05) is 26.2 Å². The molecule has 4 nitrogen and oxygen atoms in total. The summed E-state index contributed by atoms with van der Waals surface area (Å²) in [4.78, 5) is 24.5. The lowest BCUT2D eigenvalue weighted by Gasteiger charge is -2.25. The average Bonchev–Trinajstić information content (AvgIpc) is 2.52. The van der Waals surface area contributed by atoms with Crippen molar-refractivity contribution >= 4 is 11.8 Å². The zero-order chi connectivity index (χ0) is 13.9. The van der Waals surface area contributed by atoms with Gasteiger partial charge >= 0.3 is 12.3 Å². The van der Waals surface area contributed by atoms with Gasteiger partial charge in [0.15, 0.2) is 0 Å². The Bertz CT molecular complexity index is 336. The van der Waals surface area contributed by atoms with Crippen LogP contribution in [-0.4, -0.2) is 60.1 Å². The van der Waals surface area contributed by atoms with Crippen LogP contribution in [0.3, 0.4) is 0 Å². The van der Waals surface area contributed by atoms with E-state index < -0.39 is 18.3 Å². The molecule has 0 aromatic heterocycles. The highest BCUT2D eigenvalue weighted by atomic mass is 19.3. The Morgan fingerprint density at radius 1 is 1.06 bits per heavy atom. The van der Waals surface area contributed by atoms with Crippen molar-refractivity contribution in [2.45, 2.75) is 25.7 Å². The summed E-state index contributed by atoms with van der Waals surface area (Å²) in [5.74, 6) is -6.77. The van der Waals surface area contributed by atoms with E-state index in [2.05, 4.69) is 0 Å². The highest BCUT2D eigenvalue weighted by Gasteiger charge is 2.51. The number of hydrogen-bond donors (Lipinski definition) is 0. The van der Waals surface area contributed by atoms with E-state index >= 15 is 0 Å². The highest BCUT2D eigenvalue weighted by molar-refractivity contribution is 5.84. The Hall–Kier alpha value is -1.34. The summed E-state index contributed by atoms with van der Waals surface area (Å²) >= 11 is 0. The van der Waals surface area contributed by atoms with Crippen molar-refractivity contribution in [2.24, 2.45) is 0 Å². The minimum Gasteiger partial charge on any atom is -0.341 e. The first-order valence-corrected chi connectivity index (χ1v) is 5.47. The van der Waals surface area contributed by atoms with Crippen LogP contribution in [0.5, 0.6) is 0 Å². The first kappa shape index (κ1) is 14.7. The third-order valence-electron chi connectivity index (χ3n) is 2.79. The normalized spacial score (nSPS) is 17.9. The predicted molar refractivity (Wildman–Crippen MR) is 54.4 cm³/mol. The molecule has 0 spiro atoms. The zero-order valence-electron chi connectivity index (χ0n) is 9.84. The number of rotatable bonds is 2. The maximum Gasteiger partial charge on any atom is 0.383 e. The largest absolute Gasteiger partial charge is 0.383 e.